The first-order valence-corrected chi connectivity index (χ1v) is 5.48. The number of azide groups is 1. The van der Waals surface area contributed by atoms with Crippen molar-refractivity contribution in [2.45, 2.75) is 12.5 Å². The van der Waals surface area contributed by atoms with Crippen LogP contribution in [0.4, 0.5) is 8.78 Å². The summed E-state index contributed by atoms with van der Waals surface area (Å²) in [6, 6.07) is 1.29. The molecular weight excluding hydrogens is 258 g/mol. The van der Waals surface area contributed by atoms with Gasteiger partial charge in [-0.3, -0.25) is 4.79 Å². The smallest absolute Gasteiger partial charge is 0.325 e. The molecule has 1 aromatic carbocycles. The summed E-state index contributed by atoms with van der Waals surface area (Å²) in [5.41, 5.74) is 7.79. The van der Waals surface area contributed by atoms with E-state index >= 15 is 0 Å². The van der Waals surface area contributed by atoms with Crippen LogP contribution >= 0.6 is 0 Å². The highest BCUT2D eigenvalue weighted by atomic mass is 19.1. The van der Waals surface area contributed by atoms with Gasteiger partial charge in [0.05, 0.1) is 0 Å². The third-order valence-corrected chi connectivity index (χ3v) is 2.36. The summed E-state index contributed by atoms with van der Waals surface area (Å²) in [7, 11) is 0. The highest BCUT2D eigenvalue weighted by Crippen LogP contribution is 2.18. The highest BCUT2D eigenvalue weighted by molar-refractivity contribution is 5.75. The number of nitrogens with zero attached hydrogens (tertiary/aromatic N) is 3. The van der Waals surface area contributed by atoms with Crippen LogP contribution in [-0.2, 0) is 4.79 Å². The Morgan fingerprint density at radius 2 is 2.26 bits per heavy atom. The average molecular weight is 270 g/mol. The fraction of sp³-hybridized carbons (Fsp3) is 0.364. The maximum absolute atomic E-state index is 13.5. The van der Waals surface area contributed by atoms with Crippen molar-refractivity contribution in [1.29, 1.82) is 0 Å². The second-order valence-electron chi connectivity index (χ2n) is 3.70. The van der Waals surface area contributed by atoms with E-state index in [2.05, 4.69) is 15.3 Å². The Hall–Kier alpha value is -2.18. The highest BCUT2D eigenvalue weighted by Gasteiger charge is 2.22. The topological polar surface area (TPSA) is 98.1 Å². The molecule has 0 aromatic heterocycles. The standard InChI is InChI=1S/C11H12F2N4O2/c12-7-2-3-9(13)8(6-7)10(11(18)19)15-4-1-5-16-17-14/h2-3,6,10,15H,1,4-5H2,(H,18,19). The molecule has 1 atom stereocenters. The maximum Gasteiger partial charge on any atom is 0.325 e. The predicted molar refractivity (Wildman–Crippen MR) is 63.4 cm³/mol. The Bertz CT molecular complexity index is 503. The van der Waals surface area contributed by atoms with Gasteiger partial charge in [-0.05, 0) is 36.7 Å². The summed E-state index contributed by atoms with van der Waals surface area (Å²) in [6.07, 6.45) is 0.394. The summed E-state index contributed by atoms with van der Waals surface area (Å²) >= 11 is 0. The monoisotopic (exact) mass is 270 g/mol. The van der Waals surface area contributed by atoms with Gasteiger partial charge in [0.2, 0.25) is 0 Å². The van der Waals surface area contributed by atoms with Crippen LogP contribution in [0.25, 0.3) is 10.4 Å². The number of nitrogens with one attached hydrogen (secondary N) is 1. The van der Waals surface area contributed by atoms with E-state index < -0.39 is 23.6 Å². The van der Waals surface area contributed by atoms with Gasteiger partial charge in [-0.2, -0.15) is 0 Å². The van der Waals surface area contributed by atoms with Gasteiger partial charge in [0.1, 0.15) is 17.7 Å². The fourth-order valence-electron chi connectivity index (χ4n) is 1.51. The minimum Gasteiger partial charge on any atom is -0.480 e. The van der Waals surface area contributed by atoms with E-state index in [0.29, 0.717) is 6.42 Å². The van der Waals surface area contributed by atoms with E-state index in [1.165, 1.54) is 0 Å². The lowest BCUT2D eigenvalue weighted by Crippen LogP contribution is -2.30. The van der Waals surface area contributed by atoms with Gasteiger partial charge in [-0.15, -0.1) is 0 Å². The van der Waals surface area contributed by atoms with Crippen LogP contribution in [0.5, 0.6) is 0 Å². The quantitative estimate of drug-likeness (QED) is 0.344. The molecule has 0 aliphatic rings. The van der Waals surface area contributed by atoms with E-state index in [4.69, 9.17) is 10.6 Å². The number of halogens is 2. The first kappa shape index (κ1) is 14.9. The summed E-state index contributed by atoms with van der Waals surface area (Å²) in [4.78, 5) is 13.6. The maximum atomic E-state index is 13.5. The van der Waals surface area contributed by atoms with Gasteiger partial charge in [0.25, 0.3) is 0 Å². The average Bonchev–Trinajstić information content (AvgIpc) is 2.37. The van der Waals surface area contributed by atoms with Gasteiger partial charge in [0, 0.05) is 17.0 Å². The lowest BCUT2D eigenvalue weighted by atomic mass is 10.1. The van der Waals surface area contributed by atoms with Gasteiger partial charge >= 0.3 is 5.97 Å². The zero-order valence-electron chi connectivity index (χ0n) is 9.88. The molecule has 0 fully saturated rings. The molecule has 0 saturated heterocycles. The van der Waals surface area contributed by atoms with Crippen molar-refractivity contribution in [1.82, 2.24) is 5.32 Å². The zero-order valence-corrected chi connectivity index (χ0v) is 9.88. The molecule has 0 amide bonds. The SMILES string of the molecule is [N-]=[N+]=NCCCNC(C(=O)O)c1cc(F)ccc1F. The minimum atomic E-state index is -1.35. The van der Waals surface area contributed by atoms with E-state index in [9.17, 15) is 13.6 Å². The Labute approximate surface area is 107 Å². The summed E-state index contributed by atoms with van der Waals surface area (Å²) < 4.78 is 26.5. The third kappa shape index (κ3) is 4.53. The van der Waals surface area contributed by atoms with Crippen molar-refractivity contribution in [3.63, 3.8) is 0 Å². The third-order valence-electron chi connectivity index (χ3n) is 2.36. The molecule has 19 heavy (non-hydrogen) atoms. The first-order valence-electron chi connectivity index (χ1n) is 5.48. The molecule has 0 radical (unpaired) electrons. The number of carboxylic acid groups (broad SMARTS) is 1. The fourth-order valence-corrected chi connectivity index (χ4v) is 1.51. The summed E-state index contributed by atoms with van der Waals surface area (Å²) in [5, 5.41) is 14.9. The Balaban J connectivity index is 2.74. The summed E-state index contributed by atoms with van der Waals surface area (Å²) in [5.74, 6) is -2.82. The number of benzene rings is 1. The number of rotatable bonds is 7. The predicted octanol–water partition coefficient (Wildman–Crippen LogP) is 2.38. The minimum absolute atomic E-state index is 0.196. The van der Waals surface area contributed by atoms with Crippen molar-refractivity contribution in [2.75, 3.05) is 13.1 Å². The van der Waals surface area contributed by atoms with Crippen LogP contribution in [0.3, 0.4) is 0 Å². The molecule has 0 heterocycles. The molecule has 102 valence electrons. The van der Waals surface area contributed by atoms with E-state index in [-0.39, 0.29) is 18.7 Å². The number of carbonyl (C=O) groups is 1. The molecule has 0 spiro atoms. The molecule has 1 rings (SSSR count). The Morgan fingerprint density at radius 3 is 2.89 bits per heavy atom. The Morgan fingerprint density at radius 1 is 1.53 bits per heavy atom. The molecule has 0 aliphatic carbocycles. The van der Waals surface area contributed by atoms with Crippen LogP contribution in [0.2, 0.25) is 0 Å². The zero-order chi connectivity index (χ0) is 14.3. The molecule has 8 heteroatoms. The van der Waals surface area contributed by atoms with E-state index in [1.807, 2.05) is 0 Å². The van der Waals surface area contributed by atoms with Crippen molar-refractivity contribution < 1.29 is 18.7 Å². The normalized spacial score (nSPS) is 11.7. The number of aliphatic carboxylic acids is 1. The van der Waals surface area contributed by atoms with Crippen LogP contribution < -0.4 is 5.32 Å². The second-order valence-corrected chi connectivity index (χ2v) is 3.70. The van der Waals surface area contributed by atoms with Crippen molar-refractivity contribution >= 4 is 5.97 Å². The lowest BCUT2D eigenvalue weighted by molar-refractivity contribution is -0.139. The van der Waals surface area contributed by atoms with Crippen LogP contribution in [0.15, 0.2) is 23.3 Å². The molecule has 2 N–H and O–H groups in total. The van der Waals surface area contributed by atoms with Crippen LogP contribution in [0, 0.1) is 11.6 Å². The molecule has 0 bridgehead atoms. The molecule has 6 nitrogen and oxygen atoms in total. The summed E-state index contributed by atoms with van der Waals surface area (Å²) in [6.45, 7) is 0.396. The lowest BCUT2D eigenvalue weighted by Gasteiger charge is -2.15. The van der Waals surface area contributed by atoms with E-state index in [1.54, 1.807) is 0 Å². The van der Waals surface area contributed by atoms with Crippen molar-refractivity contribution in [2.24, 2.45) is 5.11 Å². The van der Waals surface area contributed by atoms with Gasteiger partial charge in [-0.25, -0.2) is 8.78 Å². The largest absolute Gasteiger partial charge is 0.480 e. The molecule has 0 saturated carbocycles. The number of hydrogen-bond acceptors (Lipinski definition) is 3. The van der Waals surface area contributed by atoms with Crippen molar-refractivity contribution in [3.8, 4) is 0 Å². The van der Waals surface area contributed by atoms with Crippen LogP contribution in [-0.4, -0.2) is 24.2 Å². The van der Waals surface area contributed by atoms with Crippen molar-refractivity contribution in [3.05, 3.63) is 45.8 Å². The molecular formula is C11H12F2N4O2. The molecule has 1 aromatic rings. The van der Waals surface area contributed by atoms with E-state index in [0.717, 1.165) is 18.2 Å². The van der Waals surface area contributed by atoms with Gasteiger partial charge in [-0.1, -0.05) is 5.11 Å². The van der Waals surface area contributed by atoms with Gasteiger partial charge < -0.3 is 10.4 Å². The first-order chi connectivity index (χ1) is 9.06. The molecule has 1 unspecified atom stereocenters. The Kier molecular flexibility index (Phi) is 5.72. The van der Waals surface area contributed by atoms with Crippen LogP contribution in [0.1, 0.15) is 18.0 Å². The molecule has 0 aliphatic heterocycles. The van der Waals surface area contributed by atoms with Gasteiger partial charge in [0.15, 0.2) is 0 Å². The number of carboxylic acids is 1. The number of hydrogen-bond donors (Lipinski definition) is 2. The second kappa shape index (κ2) is 7.30.